The number of nitrogens with one attached hydrogen (secondary N) is 2. The zero-order valence-electron chi connectivity index (χ0n) is 15.1. The maximum absolute atomic E-state index is 12.2. The van der Waals surface area contributed by atoms with Gasteiger partial charge in [0.15, 0.2) is 0 Å². The van der Waals surface area contributed by atoms with E-state index in [9.17, 15) is 9.59 Å². The maximum atomic E-state index is 12.2. The Morgan fingerprint density at radius 2 is 1.80 bits per heavy atom. The number of benzene rings is 1. The lowest BCUT2D eigenvalue weighted by molar-refractivity contribution is -0.127. The van der Waals surface area contributed by atoms with Gasteiger partial charge in [-0.2, -0.15) is 0 Å². The van der Waals surface area contributed by atoms with E-state index in [4.69, 9.17) is 23.2 Å². The first-order chi connectivity index (χ1) is 11.7. The minimum atomic E-state index is -0.178. The number of hydrogen-bond donors (Lipinski definition) is 2. The summed E-state index contributed by atoms with van der Waals surface area (Å²) in [5.74, 6) is -0.302. The molecule has 0 saturated heterocycles. The second-order valence-corrected chi connectivity index (χ2v) is 7.04. The van der Waals surface area contributed by atoms with E-state index in [1.165, 1.54) is 4.90 Å². The van der Waals surface area contributed by atoms with Gasteiger partial charge in [0, 0.05) is 38.2 Å². The summed E-state index contributed by atoms with van der Waals surface area (Å²) in [6.07, 6.45) is 0. The van der Waals surface area contributed by atoms with Crippen molar-refractivity contribution in [1.82, 2.24) is 15.5 Å². The maximum Gasteiger partial charge on any atom is 0.241 e. The van der Waals surface area contributed by atoms with Gasteiger partial charge in [-0.05, 0) is 18.2 Å². The van der Waals surface area contributed by atoms with Crippen LogP contribution in [0.3, 0.4) is 0 Å². The Morgan fingerprint density at radius 3 is 2.36 bits per heavy atom. The lowest BCUT2D eigenvalue weighted by Crippen LogP contribution is -2.44. The van der Waals surface area contributed by atoms with Crippen LogP contribution in [-0.2, 0) is 9.59 Å². The molecule has 2 N–H and O–H groups in total. The summed E-state index contributed by atoms with van der Waals surface area (Å²) in [5.41, 5.74) is 0.594. The highest BCUT2D eigenvalue weighted by Crippen LogP contribution is 2.28. The average molecular weight is 389 g/mol. The van der Waals surface area contributed by atoms with E-state index in [0.29, 0.717) is 34.9 Å². The van der Waals surface area contributed by atoms with Gasteiger partial charge in [0.2, 0.25) is 11.8 Å². The minimum Gasteiger partial charge on any atom is -0.353 e. The van der Waals surface area contributed by atoms with E-state index in [1.807, 2.05) is 13.8 Å². The number of halogens is 2. The molecule has 0 heterocycles. The molecule has 140 valence electrons. The number of hydrogen-bond acceptors (Lipinski definition) is 4. The van der Waals surface area contributed by atoms with Crippen LogP contribution in [0.2, 0.25) is 10.0 Å². The molecule has 2 amide bonds. The molecule has 0 saturated carbocycles. The molecule has 0 radical (unpaired) electrons. The summed E-state index contributed by atoms with van der Waals surface area (Å²) in [7, 11) is 3.34. The van der Waals surface area contributed by atoms with Crippen LogP contribution in [0.15, 0.2) is 18.2 Å². The second kappa shape index (κ2) is 10.5. The largest absolute Gasteiger partial charge is 0.353 e. The van der Waals surface area contributed by atoms with Gasteiger partial charge in [0.1, 0.15) is 0 Å². The highest BCUT2D eigenvalue weighted by Gasteiger charge is 2.18. The molecule has 8 heteroatoms. The Labute approximate surface area is 159 Å². The van der Waals surface area contributed by atoms with Crippen molar-refractivity contribution in [3.63, 3.8) is 0 Å². The SMILES string of the molecule is CC(C)NCCNC(=O)CN(CC(=O)N(C)C)c1ccc(Cl)cc1Cl. The molecule has 0 atom stereocenters. The Balaban J connectivity index is 2.77. The smallest absolute Gasteiger partial charge is 0.241 e. The topological polar surface area (TPSA) is 64.7 Å². The van der Waals surface area contributed by atoms with E-state index in [2.05, 4.69) is 10.6 Å². The molecular formula is C17H26Cl2N4O2. The molecule has 1 aromatic rings. The molecule has 0 unspecified atom stereocenters. The molecule has 25 heavy (non-hydrogen) atoms. The first-order valence-electron chi connectivity index (χ1n) is 8.11. The van der Waals surface area contributed by atoms with Crippen LogP contribution in [-0.4, -0.2) is 63.0 Å². The molecule has 0 aliphatic carbocycles. The van der Waals surface area contributed by atoms with E-state index in [-0.39, 0.29) is 24.9 Å². The third-order valence-electron chi connectivity index (χ3n) is 3.41. The number of anilines is 1. The first kappa shape index (κ1) is 21.5. The summed E-state index contributed by atoms with van der Waals surface area (Å²) < 4.78 is 0. The normalized spacial score (nSPS) is 10.7. The van der Waals surface area contributed by atoms with E-state index >= 15 is 0 Å². The number of carbonyl (C=O) groups excluding carboxylic acids is 2. The van der Waals surface area contributed by atoms with Crippen LogP contribution < -0.4 is 15.5 Å². The Morgan fingerprint density at radius 1 is 1.12 bits per heavy atom. The number of carbonyl (C=O) groups is 2. The third-order valence-corrected chi connectivity index (χ3v) is 3.95. The number of nitrogens with zero attached hydrogens (tertiary/aromatic N) is 2. The van der Waals surface area contributed by atoms with Crippen LogP contribution in [0.1, 0.15) is 13.8 Å². The fraction of sp³-hybridized carbons (Fsp3) is 0.529. The molecule has 0 spiro atoms. The molecule has 0 bridgehead atoms. The predicted octanol–water partition coefficient (Wildman–Crippen LogP) is 2.00. The molecule has 6 nitrogen and oxygen atoms in total. The quantitative estimate of drug-likeness (QED) is 0.635. The summed E-state index contributed by atoms with van der Waals surface area (Å²) >= 11 is 12.2. The van der Waals surface area contributed by atoms with Gasteiger partial charge in [0.05, 0.1) is 23.8 Å². The molecule has 0 aromatic heterocycles. The second-order valence-electron chi connectivity index (χ2n) is 6.20. The Kier molecular flexibility index (Phi) is 9.03. The standard InChI is InChI=1S/C17H26Cl2N4O2/c1-12(2)20-7-8-21-16(24)10-23(11-17(25)22(3)4)15-6-5-13(18)9-14(15)19/h5-6,9,12,20H,7-8,10-11H2,1-4H3,(H,21,24). The minimum absolute atomic E-state index is 0.0304. The summed E-state index contributed by atoms with van der Waals surface area (Å²) in [6, 6.07) is 5.34. The van der Waals surface area contributed by atoms with E-state index in [1.54, 1.807) is 37.2 Å². The van der Waals surface area contributed by atoms with Gasteiger partial charge in [-0.15, -0.1) is 0 Å². The van der Waals surface area contributed by atoms with Crippen LogP contribution in [0.5, 0.6) is 0 Å². The number of likely N-dealkylation sites (N-methyl/N-ethyl adjacent to an activating group) is 1. The number of amides is 2. The lowest BCUT2D eigenvalue weighted by Gasteiger charge is -2.26. The Hall–Kier alpha value is -1.50. The van der Waals surface area contributed by atoms with Gasteiger partial charge >= 0.3 is 0 Å². The van der Waals surface area contributed by atoms with Gasteiger partial charge in [0.25, 0.3) is 0 Å². The zero-order valence-corrected chi connectivity index (χ0v) is 16.6. The van der Waals surface area contributed by atoms with Crippen molar-refractivity contribution in [3.05, 3.63) is 28.2 Å². The van der Waals surface area contributed by atoms with E-state index in [0.717, 1.165) is 0 Å². The van der Waals surface area contributed by atoms with Crippen LogP contribution >= 0.6 is 23.2 Å². The van der Waals surface area contributed by atoms with Gasteiger partial charge in [-0.3, -0.25) is 9.59 Å². The van der Waals surface area contributed by atoms with Crippen molar-refractivity contribution in [2.45, 2.75) is 19.9 Å². The molecule has 1 rings (SSSR count). The molecule has 1 aromatic carbocycles. The van der Waals surface area contributed by atoms with Crippen molar-refractivity contribution in [2.24, 2.45) is 0 Å². The van der Waals surface area contributed by atoms with Crippen molar-refractivity contribution < 1.29 is 9.59 Å². The van der Waals surface area contributed by atoms with Crippen molar-refractivity contribution in [1.29, 1.82) is 0 Å². The van der Waals surface area contributed by atoms with E-state index < -0.39 is 0 Å². The molecule has 0 aliphatic rings. The number of rotatable bonds is 9. The van der Waals surface area contributed by atoms with Gasteiger partial charge in [-0.25, -0.2) is 0 Å². The molecular weight excluding hydrogens is 363 g/mol. The third kappa shape index (κ3) is 7.94. The summed E-state index contributed by atoms with van der Waals surface area (Å²) in [6.45, 7) is 5.36. The van der Waals surface area contributed by atoms with Crippen LogP contribution in [0.4, 0.5) is 5.69 Å². The highest BCUT2D eigenvalue weighted by atomic mass is 35.5. The monoisotopic (exact) mass is 388 g/mol. The predicted molar refractivity (Wildman–Crippen MR) is 104 cm³/mol. The summed E-state index contributed by atoms with van der Waals surface area (Å²) in [4.78, 5) is 27.4. The zero-order chi connectivity index (χ0) is 19.0. The van der Waals surface area contributed by atoms with Gasteiger partial charge < -0.3 is 20.4 Å². The average Bonchev–Trinajstić information content (AvgIpc) is 2.50. The summed E-state index contributed by atoms with van der Waals surface area (Å²) in [5, 5.41) is 6.95. The lowest BCUT2D eigenvalue weighted by atomic mass is 10.2. The van der Waals surface area contributed by atoms with Crippen molar-refractivity contribution in [3.8, 4) is 0 Å². The first-order valence-corrected chi connectivity index (χ1v) is 8.86. The van der Waals surface area contributed by atoms with Crippen molar-refractivity contribution >= 4 is 40.7 Å². The fourth-order valence-corrected chi connectivity index (χ4v) is 2.59. The van der Waals surface area contributed by atoms with Crippen molar-refractivity contribution in [2.75, 3.05) is 45.2 Å². The highest BCUT2D eigenvalue weighted by molar-refractivity contribution is 6.36. The van der Waals surface area contributed by atoms with Crippen LogP contribution in [0.25, 0.3) is 0 Å². The van der Waals surface area contributed by atoms with Gasteiger partial charge in [-0.1, -0.05) is 37.0 Å². The fourth-order valence-electron chi connectivity index (χ4n) is 2.06. The molecule has 0 fully saturated rings. The molecule has 0 aliphatic heterocycles. The Bertz CT molecular complexity index is 594. The van der Waals surface area contributed by atoms with Crippen LogP contribution in [0, 0.1) is 0 Å².